The van der Waals surface area contributed by atoms with Crippen LogP contribution in [0.5, 0.6) is 0 Å². The first kappa shape index (κ1) is 14.8. The van der Waals surface area contributed by atoms with Gasteiger partial charge in [0.1, 0.15) is 0 Å². The lowest BCUT2D eigenvalue weighted by atomic mass is 9.93. The second-order valence-electron chi connectivity index (χ2n) is 6.22. The first-order valence-electron chi connectivity index (χ1n) is 7.87. The van der Waals surface area contributed by atoms with E-state index in [0.29, 0.717) is 24.5 Å². The highest BCUT2D eigenvalue weighted by Gasteiger charge is 2.36. The lowest BCUT2D eigenvalue weighted by molar-refractivity contribution is -0.138. The van der Waals surface area contributed by atoms with Crippen molar-refractivity contribution in [2.75, 3.05) is 20.1 Å². The van der Waals surface area contributed by atoms with Gasteiger partial charge in [-0.3, -0.25) is 9.69 Å². The summed E-state index contributed by atoms with van der Waals surface area (Å²) in [5.41, 5.74) is 5.71. The summed E-state index contributed by atoms with van der Waals surface area (Å²) >= 11 is 0. The van der Waals surface area contributed by atoms with Crippen molar-refractivity contribution in [2.45, 2.75) is 70.0 Å². The van der Waals surface area contributed by atoms with Gasteiger partial charge in [0, 0.05) is 18.6 Å². The molecule has 0 spiro atoms. The molecule has 1 saturated carbocycles. The molecule has 1 heterocycles. The molecule has 0 radical (unpaired) electrons. The Morgan fingerprint density at radius 1 is 1.21 bits per heavy atom. The molecule has 2 fully saturated rings. The van der Waals surface area contributed by atoms with E-state index >= 15 is 0 Å². The molecule has 2 N–H and O–H groups in total. The minimum absolute atomic E-state index is 0.00979. The Labute approximate surface area is 117 Å². The van der Waals surface area contributed by atoms with Crippen LogP contribution in [0.4, 0.5) is 0 Å². The molecule has 0 aromatic heterocycles. The maximum absolute atomic E-state index is 12.8. The number of likely N-dealkylation sites (N-methyl/N-ethyl adjacent to an activating group) is 1. The molecule has 110 valence electrons. The Morgan fingerprint density at radius 3 is 2.53 bits per heavy atom. The number of nitrogens with zero attached hydrogens (tertiary/aromatic N) is 2. The van der Waals surface area contributed by atoms with Crippen molar-refractivity contribution in [3.63, 3.8) is 0 Å². The van der Waals surface area contributed by atoms with Gasteiger partial charge in [-0.15, -0.1) is 0 Å². The van der Waals surface area contributed by atoms with Crippen LogP contribution in [-0.4, -0.2) is 54.0 Å². The molecule has 1 saturated heterocycles. The Morgan fingerprint density at radius 2 is 1.89 bits per heavy atom. The molecule has 1 amide bonds. The van der Waals surface area contributed by atoms with E-state index in [-0.39, 0.29) is 6.04 Å². The predicted octanol–water partition coefficient (Wildman–Crippen LogP) is 1.59. The highest BCUT2D eigenvalue weighted by Crippen LogP contribution is 2.27. The minimum atomic E-state index is -0.00979. The molecule has 2 atom stereocenters. The van der Waals surface area contributed by atoms with Crippen LogP contribution in [0.2, 0.25) is 0 Å². The molecule has 2 rings (SSSR count). The molecule has 4 heteroatoms. The number of nitrogens with two attached hydrogens (primary N) is 1. The van der Waals surface area contributed by atoms with Crippen molar-refractivity contribution in [2.24, 2.45) is 5.73 Å². The van der Waals surface area contributed by atoms with Gasteiger partial charge in [0.25, 0.3) is 0 Å². The summed E-state index contributed by atoms with van der Waals surface area (Å²) in [6.45, 7) is 3.74. The molecule has 0 aromatic rings. The summed E-state index contributed by atoms with van der Waals surface area (Å²) in [6, 6.07) is 0.943. The van der Waals surface area contributed by atoms with Gasteiger partial charge in [0.15, 0.2) is 0 Å². The Bertz CT molecular complexity index is 302. The third kappa shape index (κ3) is 3.29. The van der Waals surface area contributed by atoms with Gasteiger partial charge in [0.2, 0.25) is 5.91 Å². The van der Waals surface area contributed by atoms with Gasteiger partial charge in [-0.1, -0.05) is 19.3 Å². The lowest BCUT2D eigenvalue weighted by Gasteiger charge is -2.36. The standard InChI is InChI=1S/C15H29N3O/c1-12-9-11-18(13-6-4-3-5-7-13)15(19)14(8-10-16)17(12)2/h12-14H,3-11,16H2,1-2H3. The normalized spacial score (nSPS) is 31.5. The monoisotopic (exact) mass is 267 g/mol. The molecule has 19 heavy (non-hydrogen) atoms. The summed E-state index contributed by atoms with van der Waals surface area (Å²) < 4.78 is 0. The van der Waals surface area contributed by atoms with Gasteiger partial charge >= 0.3 is 0 Å². The highest BCUT2D eigenvalue weighted by molar-refractivity contribution is 5.82. The van der Waals surface area contributed by atoms with Crippen LogP contribution < -0.4 is 5.73 Å². The molecule has 4 nitrogen and oxygen atoms in total. The van der Waals surface area contributed by atoms with Gasteiger partial charge in [-0.05, 0) is 46.2 Å². The second-order valence-corrected chi connectivity index (χ2v) is 6.22. The van der Waals surface area contributed by atoms with Crippen LogP contribution in [0.15, 0.2) is 0 Å². The van der Waals surface area contributed by atoms with E-state index in [2.05, 4.69) is 23.8 Å². The van der Waals surface area contributed by atoms with Crippen LogP contribution in [0.25, 0.3) is 0 Å². The summed E-state index contributed by atoms with van der Waals surface area (Å²) in [4.78, 5) is 17.2. The zero-order chi connectivity index (χ0) is 13.8. The molecule has 0 bridgehead atoms. The smallest absolute Gasteiger partial charge is 0.240 e. The molecule has 0 aromatic carbocycles. The number of carbonyl (C=O) groups is 1. The minimum Gasteiger partial charge on any atom is -0.338 e. The summed E-state index contributed by atoms with van der Waals surface area (Å²) in [5, 5.41) is 0. The fraction of sp³-hybridized carbons (Fsp3) is 0.933. The average molecular weight is 267 g/mol. The van der Waals surface area contributed by atoms with E-state index in [9.17, 15) is 4.79 Å². The van der Waals surface area contributed by atoms with Crippen molar-refractivity contribution >= 4 is 5.91 Å². The number of hydrogen-bond acceptors (Lipinski definition) is 3. The second kappa shape index (κ2) is 6.71. The van der Waals surface area contributed by atoms with E-state index in [1.807, 2.05) is 0 Å². The fourth-order valence-electron chi connectivity index (χ4n) is 3.55. The number of hydrogen-bond donors (Lipinski definition) is 1. The number of rotatable bonds is 3. The van der Waals surface area contributed by atoms with Gasteiger partial charge in [-0.2, -0.15) is 0 Å². The van der Waals surface area contributed by atoms with Crippen molar-refractivity contribution < 1.29 is 4.79 Å². The number of amides is 1. The summed E-state index contributed by atoms with van der Waals surface area (Å²) in [5.74, 6) is 0.323. The highest BCUT2D eigenvalue weighted by atomic mass is 16.2. The zero-order valence-electron chi connectivity index (χ0n) is 12.5. The third-order valence-electron chi connectivity index (χ3n) is 5.00. The van der Waals surface area contributed by atoms with Crippen LogP contribution in [0.3, 0.4) is 0 Å². The maximum Gasteiger partial charge on any atom is 0.240 e. The Hall–Kier alpha value is -0.610. The van der Waals surface area contributed by atoms with Crippen LogP contribution in [0, 0.1) is 0 Å². The topological polar surface area (TPSA) is 49.6 Å². The van der Waals surface area contributed by atoms with Crippen LogP contribution in [0.1, 0.15) is 51.9 Å². The number of carbonyl (C=O) groups excluding carboxylic acids is 1. The maximum atomic E-state index is 12.8. The molecule has 1 aliphatic carbocycles. The van der Waals surface area contributed by atoms with Crippen LogP contribution in [-0.2, 0) is 4.79 Å². The third-order valence-corrected chi connectivity index (χ3v) is 5.00. The van der Waals surface area contributed by atoms with Gasteiger partial charge in [-0.25, -0.2) is 0 Å². The summed E-state index contributed by atoms with van der Waals surface area (Å²) in [7, 11) is 2.08. The fourth-order valence-corrected chi connectivity index (χ4v) is 3.55. The molecular weight excluding hydrogens is 238 g/mol. The quantitative estimate of drug-likeness (QED) is 0.845. The SMILES string of the molecule is CC1CCN(C2CCCCC2)C(=O)C(CCN)N1C. The van der Waals surface area contributed by atoms with E-state index in [1.165, 1.54) is 32.1 Å². The lowest BCUT2D eigenvalue weighted by Crippen LogP contribution is -2.50. The van der Waals surface area contributed by atoms with E-state index in [1.54, 1.807) is 0 Å². The molecule has 1 aliphatic heterocycles. The Kier molecular flexibility index (Phi) is 5.22. The molecule has 2 unspecified atom stereocenters. The summed E-state index contributed by atoms with van der Waals surface area (Å²) in [6.07, 6.45) is 8.14. The Balaban J connectivity index is 2.12. The van der Waals surface area contributed by atoms with Crippen molar-refractivity contribution in [1.82, 2.24) is 9.80 Å². The zero-order valence-corrected chi connectivity index (χ0v) is 12.5. The van der Waals surface area contributed by atoms with Gasteiger partial charge < -0.3 is 10.6 Å². The van der Waals surface area contributed by atoms with Crippen LogP contribution >= 0.6 is 0 Å². The van der Waals surface area contributed by atoms with E-state index < -0.39 is 0 Å². The van der Waals surface area contributed by atoms with Crippen molar-refractivity contribution in [3.8, 4) is 0 Å². The van der Waals surface area contributed by atoms with E-state index in [0.717, 1.165) is 19.4 Å². The first-order chi connectivity index (χ1) is 9.15. The van der Waals surface area contributed by atoms with Crippen molar-refractivity contribution in [1.29, 1.82) is 0 Å². The predicted molar refractivity (Wildman–Crippen MR) is 77.9 cm³/mol. The first-order valence-corrected chi connectivity index (χ1v) is 7.87. The molecule has 2 aliphatic rings. The van der Waals surface area contributed by atoms with Crippen molar-refractivity contribution in [3.05, 3.63) is 0 Å². The van der Waals surface area contributed by atoms with E-state index in [4.69, 9.17) is 5.73 Å². The average Bonchev–Trinajstić information content (AvgIpc) is 2.53. The molecular formula is C15H29N3O. The van der Waals surface area contributed by atoms with Gasteiger partial charge in [0.05, 0.1) is 6.04 Å². The largest absolute Gasteiger partial charge is 0.338 e.